The molecule has 5 heteroatoms. The van der Waals surface area contributed by atoms with E-state index in [0.717, 1.165) is 0 Å². The number of phenols is 1. The lowest BCUT2D eigenvalue weighted by Gasteiger charge is -2.19. The third kappa shape index (κ3) is 2.17. The normalized spacial score (nSPS) is 14.0. The van der Waals surface area contributed by atoms with Crippen molar-refractivity contribution in [2.24, 2.45) is 5.73 Å². The second-order valence-electron chi connectivity index (χ2n) is 2.89. The van der Waals surface area contributed by atoms with E-state index in [1.807, 2.05) is 0 Å². The minimum atomic E-state index is -4.42. The van der Waals surface area contributed by atoms with Crippen molar-refractivity contribution in [3.8, 4) is 5.75 Å². The smallest absolute Gasteiger partial charge is 0.397 e. The Morgan fingerprint density at radius 2 is 1.86 bits per heavy atom. The van der Waals surface area contributed by atoms with Crippen molar-refractivity contribution in [3.05, 3.63) is 29.8 Å². The number of nitrogens with two attached hydrogens (primary N) is 1. The second-order valence-corrected chi connectivity index (χ2v) is 2.89. The standard InChI is InChI=1S/C9H10F3NO/c10-9(11,12)7(5-13)6-3-1-2-4-8(6)14/h1-4,7,14H,5,13H2. The number of para-hydroxylation sites is 1. The molecule has 0 aliphatic heterocycles. The zero-order valence-electron chi connectivity index (χ0n) is 7.25. The van der Waals surface area contributed by atoms with E-state index in [1.165, 1.54) is 24.3 Å². The largest absolute Gasteiger partial charge is 0.508 e. The van der Waals surface area contributed by atoms with Crippen LogP contribution in [-0.2, 0) is 0 Å². The molecular weight excluding hydrogens is 195 g/mol. The van der Waals surface area contributed by atoms with Gasteiger partial charge in [0.1, 0.15) is 5.75 Å². The molecule has 1 rings (SSSR count). The molecule has 0 bridgehead atoms. The molecule has 0 aromatic heterocycles. The highest BCUT2D eigenvalue weighted by Crippen LogP contribution is 2.37. The van der Waals surface area contributed by atoms with Gasteiger partial charge in [-0.2, -0.15) is 13.2 Å². The number of hydrogen-bond acceptors (Lipinski definition) is 2. The van der Waals surface area contributed by atoms with Crippen LogP contribution >= 0.6 is 0 Å². The molecule has 0 spiro atoms. The van der Waals surface area contributed by atoms with Gasteiger partial charge in [0.2, 0.25) is 0 Å². The van der Waals surface area contributed by atoms with Crippen LogP contribution in [0.1, 0.15) is 11.5 Å². The molecule has 78 valence electrons. The Balaban J connectivity index is 3.08. The summed E-state index contributed by atoms with van der Waals surface area (Å²) >= 11 is 0. The molecule has 0 aliphatic carbocycles. The van der Waals surface area contributed by atoms with E-state index in [4.69, 9.17) is 5.73 Å². The third-order valence-electron chi connectivity index (χ3n) is 1.94. The van der Waals surface area contributed by atoms with E-state index < -0.39 is 18.6 Å². The molecule has 1 unspecified atom stereocenters. The SMILES string of the molecule is NCC(c1ccccc1O)C(F)(F)F. The summed E-state index contributed by atoms with van der Waals surface area (Å²) < 4.78 is 37.2. The van der Waals surface area contributed by atoms with E-state index in [-0.39, 0.29) is 11.3 Å². The van der Waals surface area contributed by atoms with E-state index in [0.29, 0.717) is 0 Å². The summed E-state index contributed by atoms with van der Waals surface area (Å²) in [6, 6.07) is 5.33. The fraction of sp³-hybridized carbons (Fsp3) is 0.333. The van der Waals surface area contributed by atoms with Crippen LogP contribution in [-0.4, -0.2) is 17.8 Å². The monoisotopic (exact) mass is 205 g/mol. The van der Waals surface area contributed by atoms with Gasteiger partial charge in [-0.25, -0.2) is 0 Å². The fourth-order valence-corrected chi connectivity index (χ4v) is 1.22. The van der Waals surface area contributed by atoms with Crippen LogP contribution in [0.4, 0.5) is 13.2 Å². The first-order chi connectivity index (χ1) is 6.46. The first-order valence-corrected chi connectivity index (χ1v) is 4.01. The van der Waals surface area contributed by atoms with Gasteiger partial charge in [0.15, 0.2) is 0 Å². The Bertz CT molecular complexity index is 311. The van der Waals surface area contributed by atoms with Crippen molar-refractivity contribution in [2.45, 2.75) is 12.1 Å². The van der Waals surface area contributed by atoms with E-state index in [2.05, 4.69) is 0 Å². The van der Waals surface area contributed by atoms with Crippen LogP contribution in [0.5, 0.6) is 5.75 Å². The van der Waals surface area contributed by atoms with Crippen molar-refractivity contribution in [1.82, 2.24) is 0 Å². The summed E-state index contributed by atoms with van der Waals surface area (Å²) in [5, 5.41) is 9.22. The molecule has 0 radical (unpaired) electrons. The zero-order chi connectivity index (χ0) is 10.8. The van der Waals surface area contributed by atoms with Crippen molar-refractivity contribution in [2.75, 3.05) is 6.54 Å². The van der Waals surface area contributed by atoms with Gasteiger partial charge in [-0.1, -0.05) is 18.2 Å². The lowest BCUT2D eigenvalue weighted by Crippen LogP contribution is -2.28. The Morgan fingerprint density at radius 3 is 2.29 bits per heavy atom. The predicted octanol–water partition coefficient (Wildman–Crippen LogP) is 2.00. The Labute approximate surface area is 79.2 Å². The number of aromatic hydroxyl groups is 1. The fourth-order valence-electron chi connectivity index (χ4n) is 1.22. The summed E-state index contributed by atoms with van der Waals surface area (Å²) in [6.45, 7) is -0.568. The van der Waals surface area contributed by atoms with Gasteiger partial charge in [0, 0.05) is 12.1 Å². The molecule has 1 atom stereocenters. The highest BCUT2D eigenvalue weighted by molar-refractivity contribution is 5.35. The first-order valence-electron chi connectivity index (χ1n) is 4.01. The topological polar surface area (TPSA) is 46.2 Å². The molecule has 0 fully saturated rings. The summed E-state index contributed by atoms with van der Waals surface area (Å²) in [4.78, 5) is 0. The molecule has 14 heavy (non-hydrogen) atoms. The van der Waals surface area contributed by atoms with Gasteiger partial charge < -0.3 is 10.8 Å². The number of rotatable bonds is 2. The maximum absolute atomic E-state index is 12.4. The third-order valence-corrected chi connectivity index (χ3v) is 1.94. The van der Waals surface area contributed by atoms with E-state index in [1.54, 1.807) is 0 Å². The molecule has 1 aromatic carbocycles. The highest BCUT2D eigenvalue weighted by atomic mass is 19.4. The van der Waals surface area contributed by atoms with E-state index >= 15 is 0 Å². The highest BCUT2D eigenvalue weighted by Gasteiger charge is 2.40. The second kappa shape index (κ2) is 3.88. The summed E-state index contributed by atoms with van der Waals surface area (Å²) in [6.07, 6.45) is -4.42. The molecule has 0 amide bonds. The van der Waals surface area contributed by atoms with Crippen LogP contribution in [0.15, 0.2) is 24.3 Å². The van der Waals surface area contributed by atoms with Crippen molar-refractivity contribution >= 4 is 0 Å². The van der Waals surface area contributed by atoms with Gasteiger partial charge in [0.25, 0.3) is 0 Å². The molecular formula is C9H10F3NO. The average molecular weight is 205 g/mol. The number of alkyl halides is 3. The zero-order valence-corrected chi connectivity index (χ0v) is 7.25. The summed E-state index contributed by atoms with van der Waals surface area (Å²) in [7, 11) is 0. The average Bonchev–Trinajstić information content (AvgIpc) is 2.07. The van der Waals surface area contributed by atoms with Gasteiger partial charge >= 0.3 is 6.18 Å². The molecule has 3 N–H and O–H groups in total. The molecule has 0 aliphatic rings. The molecule has 2 nitrogen and oxygen atoms in total. The number of halogens is 3. The lowest BCUT2D eigenvalue weighted by molar-refractivity contribution is -0.148. The maximum Gasteiger partial charge on any atom is 0.397 e. The number of hydrogen-bond donors (Lipinski definition) is 2. The van der Waals surface area contributed by atoms with Crippen molar-refractivity contribution in [3.63, 3.8) is 0 Å². The van der Waals surface area contributed by atoms with Gasteiger partial charge in [-0.15, -0.1) is 0 Å². The minimum absolute atomic E-state index is 0.178. The first kappa shape index (κ1) is 10.8. The van der Waals surface area contributed by atoms with Crippen molar-refractivity contribution in [1.29, 1.82) is 0 Å². The van der Waals surface area contributed by atoms with Crippen LogP contribution in [0.2, 0.25) is 0 Å². The van der Waals surface area contributed by atoms with Crippen molar-refractivity contribution < 1.29 is 18.3 Å². The number of phenolic OH excluding ortho intramolecular Hbond substituents is 1. The Kier molecular flexibility index (Phi) is 3.00. The van der Waals surface area contributed by atoms with Crippen LogP contribution in [0, 0.1) is 0 Å². The quantitative estimate of drug-likeness (QED) is 0.775. The molecule has 0 saturated carbocycles. The predicted molar refractivity (Wildman–Crippen MR) is 46.0 cm³/mol. The number of benzene rings is 1. The molecule has 1 aromatic rings. The summed E-state index contributed by atoms with van der Waals surface area (Å²) in [5.74, 6) is -2.18. The maximum atomic E-state index is 12.4. The minimum Gasteiger partial charge on any atom is -0.508 e. The van der Waals surface area contributed by atoms with Gasteiger partial charge in [-0.3, -0.25) is 0 Å². The van der Waals surface area contributed by atoms with Crippen LogP contribution in [0.25, 0.3) is 0 Å². The van der Waals surface area contributed by atoms with Gasteiger partial charge in [0.05, 0.1) is 5.92 Å². The lowest BCUT2D eigenvalue weighted by atomic mass is 9.98. The molecule has 0 saturated heterocycles. The van der Waals surface area contributed by atoms with Crippen LogP contribution in [0.3, 0.4) is 0 Å². The van der Waals surface area contributed by atoms with Gasteiger partial charge in [-0.05, 0) is 6.07 Å². The van der Waals surface area contributed by atoms with E-state index in [9.17, 15) is 18.3 Å². The summed E-state index contributed by atoms with van der Waals surface area (Å²) in [5.41, 5.74) is 4.85. The van der Waals surface area contributed by atoms with Crippen LogP contribution < -0.4 is 5.73 Å². The Hall–Kier alpha value is -1.23. The molecule has 0 heterocycles. The Morgan fingerprint density at radius 1 is 1.29 bits per heavy atom.